The average Bonchev–Trinajstić information content (AvgIpc) is 2.88. The van der Waals surface area contributed by atoms with Crippen molar-refractivity contribution in [3.05, 3.63) is 70.6 Å². The van der Waals surface area contributed by atoms with Crippen molar-refractivity contribution in [2.24, 2.45) is 5.10 Å². The molecule has 23 heavy (non-hydrogen) atoms. The Labute approximate surface area is 138 Å². The minimum absolute atomic E-state index is 0.303. The van der Waals surface area contributed by atoms with Gasteiger partial charge in [-0.05, 0) is 43.7 Å². The zero-order valence-corrected chi connectivity index (χ0v) is 13.5. The van der Waals surface area contributed by atoms with E-state index in [1.807, 2.05) is 37.3 Å². The van der Waals surface area contributed by atoms with Crippen LogP contribution >= 0.6 is 11.6 Å². The van der Waals surface area contributed by atoms with E-state index in [1.54, 1.807) is 29.7 Å². The van der Waals surface area contributed by atoms with Crippen molar-refractivity contribution in [3.63, 3.8) is 0 Å². The number of benzene rings is 1. The second-order valence-electron chi connectivity index (χ2n) is 5.12. The molecule has 0 bridgehead atoms. The van der Waals surface area contributed by atoms with E-state index in [0.29, 0.717) is 22.1 Å². The highest BCUT2D eigenvalue weighted by Gasteiger charge is 2.15. The number of pyridine rings is 1. The Hall–Kier alpha value is -2.66. The van der Waals surface area contributed by atoms with Crippen LogP contribution < -0.4 is 5.43 Å². The van der Waals surface area contributed by atoms with Crippen LogP contribution in [0.15, 0.2) is 53.8 Å². The molecule has 2 aromatic heterocycles. The van der Waals surface area contributed by atoms with Gasteiger partial charge in [0.25, 0.3) is 5.91 Å². The Balaban J connectivity index is 1.86. The van der Waals surface area contributed by atoms with Gasteiger partial charge in [-0.3, -0.25) is 9.20 Å². The SMILES string of the molecule is C/C(=N\NC(=O)c1c(C)nc2ccccn12)c1cccc(Cl)c1. The molecule has 0 unspecified atom stereocenters. The first kappa shape index (κ1) is 15.2. The van der Waals surface area contributed by atoms with Crippen molar-refractivity contribution in [2.45, 2.75) is 13.8 Å². The number of hydrogen-bond donors (Lipinski definition) is 1. The van der Waals surface area contributed by atoms with Crippen LogP contribution in [0.1, 0.15) is 28.7 Å². The van der Waals surface area contributed by atoms with Crippen LogP contribution in [0.25, 0.3) is 5.65 Å². The maximum Gasteiger partial charge on any atom is 0.290 e. The van der Waals surface area contributed by atoms with Crippen molar-refractivity contribution >= 4 is 28.9 Å². The normalized spacial score (nSPS) is 11.7. The Morgan fingerprint density at radius 2 is 2.09 bits per heavy atom. The summed E-state index contributed by atoms with van der Waals surface area (Å²) in [5, 5.41) is 4.78. The Morgan fingerprint density at radius 3 is 2.87 bits per heavy atom. The molecule has 0 aliphatic heterocycles. The van der Waals surface area contributed by atoms with Gasteiger partial charge in [0.05, 0.1) is 11.4 Å². The van der Waals surface area contributed by atoms with Gasteiger partial charge in [0.1, 0.15) is 11.3 Å². The molecule has 3 rings (SSSR count). The molecule has 0 saturated carbocycles. The molecule has 0 aliphatic carbocycles. The van der Waals surface area contributed by atoms with Gasteiger partial charge in [-0.2, -0.15) is 5.10 Å². The molecule has 5 nitrogen and oxygen atoms in total. The minimum atomic E-state index is -0.303. The number of nitrogens with one attached hydrogen (secondary N) is 1. The van der Waals surface area contributed by atoms with E-state index >= 15 is 0 Å². The Morgan fingerprint density at radius 1 is 1.26 bits per heavy atom. The summed E-state index contributed by atoms with van der Waals surface area (Å²) < 4.78 is 1.74. The molecule has 2 heterocycles. The van der Waals surface area contributed by atoms with Gasteiger partial charge in [0.2, 0.25) is 0 Å². The first-order valence-electron chi connectivity index (χ1n) is 7.10. The molecule has 6 heteroatoms. The second-order valence-corrected chi connectivity index (χ2v) is 5.56. The Bertz CT molecular complexity index is 914. The van der Waals surface area contributed by atoms with Gasteiger partial charge in [-0.15, -0.1) is 0 Å². The van der Waals surface area contributed by atoms with Gasteiger partial charge >= 0.3 is 0 Å². The van der Waals surface area contributed by atoms with E-state index < -0.39 is 0 Å². The third-order valence-electron chi connectivity index (χ3n) is 3.49. The number of carbonyl (C=O) groups excluding carboxylic acids is 1. The van der Waals surface area contributed by atoms with E-state index in [1.165, 1.54) is 0 Å². The van der Waals surface area contributed by atoms with E-state index in [-0.39, 0.29) is 5.91 Å². The number of hydrogen-bond acceptors (Lipinski definition) is 3. The molecule has 0 spiro atoms. The fourth-order valence-corrected chi connectivity index (χ4v) is 2.54. The van der Waals surface area contributed by atoms with Gasteiger partial charge in [-0.1, -0.05) is 29.8 Å². The van der Waals surface area contributed by atoms with Crippen molar-refractivity contribution in [3.8, 4) is 0 Å². The van der Waals surface area contributed by atoms with E-state index in [0.717, 1.165) is 11.2 Å². The number of halogens is 1. The molecule has 1 amide bonds. The average molecular weight is 327 g/mol. The number of aryl methyl sites for hydroxylation is 1. The highest BCUT2D eigenvalue weighted by molar-refractivity contribution is 6.31. The predicted octanol–water partition coefficient (Wildman–Crippen LogP) is 3.45. The van der Waals surface area contributed by atoms with E-state index in [9.17, 15) is 4.79 Å². The van der Waals surface area contributed by atoms with Gasteiger partial charge in [-0.25, -0.2) is 10.4 Å². The number of fused-ring (bicyclic) bond motifs is 1. The molecule has 1 N–H and O–H groups in total. The third-order valence-corrected chi connectivity index (χ3v) is 3.72. The number of carbonyl (C=O) groups is 1. The number of hydrazone groups is 1. The zero-order valence-electron chi connectivity index (χ0n) is 12.7. The second kappa shape index (κ2) is 6.22. The van der Waals surface area contributed by atoms with E-state index in [2.05, 4.69) is 15.5 Å². The summed E-state index contributed by atoms with van der Waals surface area (Å²) in [5.74, 6) is -0.303. The molecule has 1 aromatic carbocycles. The predicted molar refractivity (Wildman–Crippen MR) is 91.1 cm³/mol. The lowest BCUT2D eigenvalue weighted by Gasteiger charge is -2.04. The first-order chi connectivity index (χ1) is 11.1. The Kier molecular flexibility index (Phi) is 4.12. The smallest absolute Gasteiger partial charge is 0.290 e. The van der Waals surface area contributed by atoms with Crippen LogP contribution in [0.3, 0.4) is 0 Å². The highest BCUT2D eigenvalue weighted by Crippen LogP contribution is 2.13. The van der Waals surface area contributed by atoms with Crippen LogP contribution in [0.4, 0.5) is 0 Å². The van der Waals surface area contributed by atoms with Crippen LogP contribution in [0, 0.1) is 6.92 Å². The number of amides is 1. The molecular weight excluding hydrogens is 312 g/mol. The summed E-state index contributed by atoms with van der Waals surface area (Å²) in [6.07, 6.45) is 1.80. The van der Waals surface area contributed by atoms with Crippen LogP contribution in [-0.2, 0) is 0 Å². The molecule has 0 radical (unpaired) electrons. The molecule has 0 aliphatic rings. The molecule has 3 aromatic rings. The zero-order chi connectivity index (χ0) is 16.4. The summed E-state index contributed by atoms with van der Waals surface area (Å²) in [4.78, 5) is 16.8. The maximum atomic E-state index is 12.4. The van der Waals surface area contributed by atoms with Gasteiger partial charge in [0, 0.05) is 11.2 Å². The van der Waals surface area contributed by atoms with Crippen molar-refractivity contribution in [2.75, 3.05) is 0 Å². The number of aromatic nitrogens is 2. The summed E-state index contributed by atoms with van der Waals surface area (Å²) in [7, 11) is 0. The van der Waals surface area contributed by atoms with Crippen molar-refractivity contribution in [1.82, 2.24) is 14.8 Å². The molecule has 116 valence electrons. The first-order valence-corrected chi connectivity index (χ1v) is 7.48. The molecule has 0 saturated heterocycles. The fourth-order valence-electron chi connectivity index (χ4n) is 2.35. The van der Waals surface area contributed by atoms with Crippen LogP contribution in [-0.4, -0.2) is 21.0 Å². The quantitative estimate of drug-likeness (QED) is 0.592. The molecule has 0 fully saturated rings. The summed E-state index contributed by atoms with van der Waals surface area (Å²) in [5.41, 5.74) is 5.97. The lowest BCUT2D eigenvalue weighted by molar-refractivity contribution is 0.0948. The topological polar surface area (TPSA) is 58.8 Å². The van der Waals surface area contributed by atoms with E-state index in [4.69, 9.17) is 11.6 Å². The van der Waals surface area contributed by atoms with Crippen molar-refractivity contribution in [1.29, 1.82) is 0 Å². The lowest BCUT2D eigenvalue weighted by atomic mass is 10.1. The summed E-state index contributed by atoms with van der Waals surface area (Å²) in [6, 6.07) is 12.9. The monoisotopic (exact) mass is 326 g/mol. The number of nitrogens with zero attached hydrogens (tertiary/aromatic N) is 3. The van der Waals surface area contributed by atoms with Gasteiger partial charge < -0.3 is 0 Å². The van der Waals surface area contributed by atoms with Crippen molar-refractivity contribution < 1.29 is 4.79 Å². The molecular formula is C17H15ClN4O. The largest absolute Gasteiger partial charge is 0.295 e. The number of imidazole rings is 1. The minimum Gasteiger partial charge on any atom is -0.295 e. The highest BCUT2D eigenvalue weighted by atomic mass is 35.5. The summed E-state index contributed by atoms with van der Waals surface area (Å²) >= 11 is 5.97. The standard InChI is InChI=1S/C17H15ClN4O/c1-11(13-6-5-7-14(18)10-13)20-21-17(23)16-12(2)19-15-8-3-4-9-22(15)16/h3-10H,1-2H3,(H,21,23)/b20-11+. The molecule has 0 atom stereocenters. The summed E-state index contributed by atoms with van der Waals surface area (Å²) in [6.45, 7) is 3.61. The third kappa shape index (κ3) is 3.10. The number of rotatable bonds is 3. The maximum absolute atomic E-state index is 12.4. The lowest BCUT2D eigenvalue weighted by Crippen LogP contribution is -2.21. The van der Waals surface area contributed by atoms with Crippen LogP contribution in [0.5, 0.6) is 0 Å². The van der Waals surface area contributed by atoms with Gasteiger partial charge in [0.15, 0.2) is 0 Å². The fraction of sp³-hybridized carbons (Fsp3) is 0.118. The van der Waals surface area contributed by atoms with Crippen LogP contribution in [0.2, 0.25) is 5.02 Å².